The van der Waals surface area contributed by atoms with Crippen molar-refractivity contribution in [2.45, 2.75) is 19.8 Å². The molecule has 2 aromatic heterocycles. The Hall–Kier alpha value is -2.63. The van der Waals surface area contributed by atoms with Crippen LogP contribution in [-0.4, -0.2) is 30.4 Å². The lowest BCUT2D eigenvalue weighted by Crippen LogP contribution is -2.00. The molecule has 0 atom stereocenters. The lowest BCUT2D eigenvalue weighted by molar-refractivity contribution is 0.0699. The van der Waals surface area contributed by atoms with Gasteiger partial charge in [-0.15, -0.1) is 0 Å². The molecule has 3 aromatic rings. The molecule has 108 valence electrons. The van der Waals surface area contributed by atoms with Crippen LogP contribution in [0, 0.1) is 0 Å². The molecule has 3 rings (SSSR count). The number of aromatic nitrogens is 4. The van der Waals surface area contributed by atoms with Gasteiger partial charge in [0.2, 0.25) is 0 Å². The van der Waals surface area contributed by atoms with Gasteiger partial charge >= 0.3 is 5.97 Å². The molecular weight excluding hydrogens is 268 g/mol. The number of carboxylic acids is 1. The number of carbonyl (C=O) groups is 1. The van der Waals surface area contributed by atoms with E-state index in [4.69, 9.17) is 0 Å². The summed E-state index contributed by atoms with van der Waals surface area (Å²) in [5, 5.41) is 13.5. The van der Waals surface area contributed by atoms with Crippen molar-refractivity contribution >= 4 is 17.0 Å². The van der Waals surface area contributed by atoms with E-state index in [-0.39, 0.29) is 5.56 Å². The maximum atomic E-state index is 11.4. The molecule has 0 unspecified atom stereocenters. The zero-order valence-electron chi connectivity index (χ0n) is 11.9. The van der Waals surface area contributed by atoms with Crippen LogP contribution in [0.25, 0.3) is 16.7 Å². The third-order valence-corrected chi connectivity index (χ3v) is 3.41. The van der Waals surface area contributed by atoms with E-state index in [0.717, 1.165) is 29.9 Å². The van der Waals surface area contributed by atoms with Crippen LogP contribution >= 0.6 is 0 Å². The van der Waals surface area contributed by atoms with Gasteiger partial charge < -0.3 is 5.11 Å². The highest BCUT2D eigenvalue weighted by Gasteiger charge is 2.18. The lowest BCUT2D eigenvalue weighted by atomic mass is 10.2. The Labute approximate surface area is 121 Å². The minimum absolute atomic E-state index is 0.229. The zero-order valence-corrected chi connectivity index (χ0v) is 11.9. The normalized spacial score (nSPS) is 11.1. The van der Waals surface area contributed by atoms with Gasteiger partial charge in [-0.25, -0.2) is 9.78 Å². The topological polar surface area (TPSA) is 72.9 Å². The first kappa shape index (κ1) is 13.4. The highest BCUT2D eigenvalue weighted by Crippen LogP contribution is 2.24. The van der Waals surface area contributed by atoms with Crippen molar-refractivity contribution in [2.75, 3.05) is 0 Å². The van der Waals surface area contributed by atoms with Crippen molar-refractivity contribution in [1.29, 1.82) is 0 Å². The number of benzene rings is 1. The highest BCUT2D eigenvalue weighted by atomic mass is 16.4. The number of hydrogen-bond donors (Lipinski definition) is 1. The van der Waals surface area contributed by atoms with Crippen molar-refractivity contribution in [1.82, 2.24) is 19.3 Å². The number of para-hydroxylation sites is 1. The van der Waals surface area contributed by atoms with E-state index in [0.29, 0.717) is 5.52 Å². The molecule has 0 aliphatic carbocycles. The Morgan fingerprint density at radius 3 is 2.81 bits per heavy atom. The number of aromatic carboxylic acids is 1. The van der Waals surface area contributed by atoms with E-state index in [2.05, 4.69) is 17.0 Å². The molecule has 0 amide bonds. The first-order chi connectivity index (χ1) is 10.1. The van der Waals surface area contributed by atoms with Crippen molar-refractivity contribution in [3.8, 4) is 5.69 Å². The SMILES string of the molecule is CCCc1nc2c(C(=O)O)cccc2n1-c1cnn(C)c1. The second-order valence-corrected chi connectivity index (χ2v) is 4.96. The molecule has 1 aromatic carbocycles. The van der Waals surface area contributed by atoms with Crippen LogP contribution in [0.15, 0.2) is 30.6 Å². The summed E-state index contributed by atoms with van der Waals surface area (Å²) in [6.45, 7) is 2.07. The summed E-state index contributed by atoms with van der Waals surface area (Å²) in [6.07, 6.45) is 5.37. The van der Waals surface area contributed by atoms with E-state index >= 15 is 0 Å². The van der Waals surface area contributed by atoms with Crippen molar-refractivity contribution < 1.29 is 9.90 Å². The first-order valence-electron chi connectivity index (χ1n) is 6.84. The van der Waals surface area contributed by atoms with Gasteiger partial charge in [-0.3, -0.25) is 9.25 Å². The van der Waals surface area contributed by atoms with E-state index in [9.17, 15) is 9.90 Å². The maximum absolute atomic E-state index is 11.4. The van der Waals surface area contributed by atoms with E-state index in [1.54, 1.807) is 23.0 Å². The quantitative estimate of drug-likeness (QED) is 0.798. The van der Waals surface area contributed by atoms with Gasteiger partial charge in [0.15, 0.2) is 0 Å². The number of imidazole rings is 1. The molecule has 21 heavy (non-hydrogen) atoms. The molecule has 6 heteroatoms. The smallest absolute Gasteiger partial charge is 0.337 e. The first-order valence-corrected chi connectivity index (χ1v) is 6.84. The molecule has 0 fully saturated rings. The number of fused-ring (bicyclic) bond motifs is 1. The van der Waals surface area contributed by atoms with Gasteiger partial charge in [-0.2, -0.15) is 5.10 Å². The van der Waals surface area contributed by atoms with Gasteiger partial charge in [0.25, 0.3) is 0 Å². The van der Waals surface area contributed by atoms with Crippen LogP contribution in [0.3, 0.4) is 0 Å². The fourth-order valence-electron chi connectivity index (χ4n) is 2.52. The molecule has 2 heterocycles. The molecule has 1 N–H and O–H groups in total. The molecule has 0 radical (unpaired) electrons. The fraction of sp³-hybridized carbons (Fsp3) is 0.267. The average Bonchev–Trinajstić information content (AvgIpc) is 3.01. The zero-order chi connectivity index (χ0) is 15.0. The van der Waals surface area contributed by atoms with E-state index < -0.39 is 5.97 Å². The van der Waals surface area contributed by atoms with Crippen molar-refractivity contribution in [2.24, 2.45) is 7.05 Å². The van der Waals surface area contributed by atoms with Crippen LogP contribution in [0.1, 0.15) is 29.5 Å². The number of nitrogens with zero attached hydrogens (tertiary/aromatic N) is 4. The summed E-state index contributed by atoms with van der Waals surface area (Å²) in [5.41, 5.74) is 2.45. The Bertz CT molecular complexity index is 816. The number of carboxylic acid groups (broad SMARTS) is 1. The van der Waals surface area contributed by atoms with Crippen LogP contribution in [-0.2, 0) is 13.5 Å². The Kier molecular flexibility index (Phi) is 3.21. The Morgan fingerprint density at radius 1 is 1.38 bits per heavy atom. The van der Waals surface area contributed by atoms with Gasteiger partial charge in [-0.1, -0.05) is 13.0 Å². The molecular formula is C15H16N4O2. The van der Waals surface area contributed by atoms with E-state index in [1.807, 2.05) is 23.9 Å². The molecule has 0 bridgehead atoms. The average molecular weight is 284 g/mol. The predicted molar refractivity (Wildman–Crippen MR) is 78.8 cm³/mol. The van der Waals surface area contributed by atoms with Gasteiger partial charge in [0, 0.05) is 19.7 Å². The molecule has 0 spiro atoms. The third-order valence-electron chi connectivity index (χ3n) is 3.41. The minimum Gasteiger partial charge on any atom is -0.478 e. The maximum Gasteiger partial charge on any atom is 0.337 e. The summed E-state index contributed by atoms with van der Waals surface area (Å²) >= 11 is 0. The van der Waals surface area contributed by atoms with Crippen LogP contribution in [0.5, 0.6) is 0 Å². The lowest BCUT2D eigenvalue weighted by Gasteiger charge is -2.05. The Morgan fingerprint density at radius 2 is 2.19 bits per heavy atom. The summed E-state index contributed by atoms with van der Waals surface area (Å²) in [6, 6.07) is 5.22. The van der Waals surface area contributed by atoms with Crippen molar-refractivity contribution in [3.05, 3.63) is 42.0 Å². The molecule has 6 nitrogen and oxygen atoms in total. The summed E-state index contributed by atoms with van der Waals surface area (Å²) in [5.74, 6) is -0.103. The van der Waals surface area contributed by atoms with E-state index in [1.165, 1.54) is 0 Å². The van der Waals surface area contributed by atoms with Crippen LogP contribution in [0.2, 0.25) is 0 Å². The van der Waals surface area contributed by atoms with Crippen LogP contribution in [0.4, 0.5) is 0 Å². The van der Waals surface area contributed by atoms with Crippen LogP contribution < -0.4 is 0 Å². The van der Waals surface area contributed by atoms with Gasteiger partial charge in [0.1, 0.15) is 11.3 Å². The predicted octanol–water partition coefficient (Wildman–Crippen LogP) is 2.41. The second-order valence-electron chi connectivity index (χ2n) is 4.96. The standard InChI is InChI=1S/C15H16N4O2/c1-3-5-13-17-14-11(15(20)21)6-4-7-12(14)19(13)10-8-16-18(2)9-10/h4,6-9H,3,5H2,1-2H3,(H,20,21). The summed E-state index contributed by atoms with van der Waals surface area (Å²) in [4.78, 5) is 15.9. The third kappa shape index (κ3) is 2.18. The highest BCUT2D eigenvalue weighted by molar-refractivity contribution is 6.01. The minimum atomic E-state index is -0.959. The largest absolute Gasteiger partial charge is 0.478 e. The number of rotatable bonds is 4. The molecule has 0 aliphatic heterocycles. The second kappa shape index (κ2) is 5.05. The summed E-state index contributed by atoms with van der Waals surface area (Å²) in [7, 11) is 1.85. The molecule has 0 aliphatic rings. The monoisotopic (exact) mass is 284 g/mol. The Balaban J connectivity index is 2.33. The van der Waals surface area contributed by atoms with Crippen molar-refractivity contribution in [3.63, 3.8) is 0 Å². The summed E-state index contributed by atoms with van der Waals surface area (Å²) < 4.78 is 3.70. The fourth-order valence-corrected chi connectivity index (χ4v) is 2.52. The number of hydrogen-bond acceptors (Lipinski definition) is 3. The number of aryl methyl sites for hydroxylation is 2. The van der Waals surface area contributed by atoms with Gasteiger partial charge in [0.05, 0.1) is 23.0 Å². The molecule has 0 saturated carbocycles. The van der Waals surface area contributed by atoms with Gasteiger partial charge in [-0.05, 0) is 18.6 Å². The molecule has 0 saturated heterocycles.